The van der Waals surface area contributed by atoms with Crippen LogP contribution in [0.5, 0.6) is 0 Å². The fourth-order valence-electron chi connectivity index (χ4n) is 10.5. The van der Waals surface area contributed by atoms with Crippen LogP contribution >= 0.6 is 17.0 Å². The molecule has 0 radical (unpaired) electrons. The monoisotopic (exact) mass is 863 g/mol. The predicted molar refractivity (Wildman–Crippen MR) is 245 cm³/mol. The molecule has 1 heterocycles. The Bertz CT molecular complexity index is 2530. The fourth-order valence-corrected chi connectivity index (χ4v) is 38.9. The van der Waals surface area contributed by atoms with Crippen molar-refractivity contribution in [3.63, 3.8) is 0 Å². The second-order valence-electron chi connectivity index (χ2n) is 18.6. The van der Waals surface area contributed by atoms with Crippen molar-refractivity contribution in [1.29, 1.82) is 0 Å². The molecule has 0 fully saturated rings. The third-order valence-electron chi connectivity index (χ3n) is 13.1. The average molecular weight is 866 g/mol. The SMILES string of the molecule is Cc1ccccc1-c1cccc2c1C=C(C(C)(C)C)[CH]2[Zr]([Cl])([Cl])([c]1cccc2c1[SiH2]c1ccccc1-2)[CH]1C(C(C)(C)C)=Cc2c(-c3ccccc3C)cccc21. The molecule has 0 aromatic heterocycles. The fraction of sp³-hybridized carbons (Fsp3) is 0.231. The van der Waals surface area contributed by atoms with E-state index in [4.69, 9.17) is 0 Å². The summed E-state index contributed by atoms with van der Waals surface area (Å²) in [6, 6.07) is 47.5. The number of allylic oxidation sites excluding steroid dienone is 2. The summed E-state index contributed by atoms with van der Waals surface area (Å²) in [6.07, 6.45) is 5.02. The first-order valence-electron chi connectivity index (χ1n) is 20.2. The summed E-state index contributed by atoms with van der Waals surface area (Å²) in [7, 11) is 17.9. The summed E-state index contributed by atoms with van der Waals surface area (Å²) in [6.45, 7) is 18.7. The Morgan fingerprint density at radius 1 is 0.464 bits per heavy atom. The summed E-state index contributed by atoms with van der Waals surface area (Å²) in [5.74, 6) is 0. The van der Waals surface area contributed by atoms with Gasteiger partial charge in [0.25, 0.3) is 0 Å². The molecule has 0 saturated heterocycles. The predicted octanol–water partition coefficient (Wildman–Crippen LogP) is 12.7. The summed E-state index contributed by atoms with van der Waals surface area (Å²) >= 11 is -5.72. The molecule has 1 aliphatic heterocycles. The van der Waals surface area contributed by atoms with Gasteiger partial charge in [0.05, 0.1) is 0 Å². The molecule has 4 heteroatoms. The quantitative estimate of drug-likeness (QED) is 0.151. The molecule has 281 valence electrons. The third-order valence-corrected chi connectivity index (χ3v) is 35.6. The van der Waals surface area contributed by atoms with Crippen LogP contribution in [0.3, 0.4) is 0 Å². The normalized spacial score (nSPS) is 18.4. The van der Waals surface area contributed by atoms with E-state index in [-0.39, 0.29) is 18.1 Å². The zero-order valence-corrected chi connectivity index (χ0v) is 39.3. The van der Waals surface area contributed by atoms with E-state index >= 15 is 0 Å². The van der Waals surface area contributed by atoms with E-state index < -0.39 is 25.9 Å². The minimum absolute atomic E-state index is 0.147. The molecule has 6 aromatic rings. The molecule has 6 aromatic carbocycles. The summed E-state index contributed by atoms with van der Waals surface area (Å²) in [5.41, 5.74) is 17.8. The first-order chi connectivity index (χ1) is 26.6. The van der Waals surface area contributed by atoms with E-state index in [9.17, 15) is 17.0 Å². The van der Waals surface area contributed by atoms with Crippen LogP contribution in [-0.4, -0.2) is 9.52 Å². The van der Waals surface area contributed by atoms with Crippen LogP contribution in [0, 0.1) is 24.7 Å². The van der Waals surface area contributed by atoms with Gasteiger partial charge in [0, 0.05) is 0 Å². The maximum absolute atomic E-state index is 9.39. The topological polar surface area (TPSA) is 0 Å². The van der Waals surface area contributed by atoms with Crippen molar-refractivity contribution in [2.45, 2.75) is 62.6 Å². The van der Waals surface area contributed by atoms with Crippen LogP contribution in [0.25, 0.3) is 45.5 Å². The first-order valence-corrected chi connectivity index (χ1v) is 32.0. The Morgan fingerprint density at radius 2 is 0.875 bits per heavy atom. The van der Waals surface area contributed by atoms with Crippen molar-refractivity contribution in [2.75, 3.05) is 0 Å². The zero-order valence-electron chi connectivity index (χ0n) is 33.9. The summed E-state index contributed by atoms with van der Waals surface area (Å²) < 4.78 is 0.984. The Labute approximate surface area is 344 Å². The molecule has 0 bridgehead atoms. The van der Waals surface area contributed by atoms with E-state index in [1.807, 2.05) is 0 Å². The van der Waals surface area contributed by atoms with Crippen LogP contribution in [-0.2, 0) is 16.4 Å². The van der Waals surface area contributed by atoms with Gasteiger partial charge in [-0.2, -0.15) is 0 Å². The number of halogens is 2. The molecule has 2 unspecified atom stereocenters. The number of fused-ring (bicyclic) bond motifs is 5. The Hall–Kier alpha value is -3.52. The Morgan fingerprint density at radius 3 is 1.36 bits per heavy atom. The van der Waals surface area contributed by atoms with Crippen molar-refractivity contribution in [3.05, 3.63) is 172 Å². The molecule has 0 nitrogen and oxygen atoms in total. The zero-order chi connectivity index (χ0) is 39.4. The first kappa shape index (κ1) is 38.0. The molecule has 0 spiro atoms. The molecule has 0 N–H and O–H groups in total. The number of rotatable bonds is 5. The van der Waals surface area contributed by atoms with Gasteiger partial charge in [-0.25, -0.2) is 0 Å². The van der Waals surface area contributed by atoms with E-state index in [1.54, 1.807) is 0 Å². The number of aryl methyl sites for hydroxylation is 2. The molecule has 2 atom stereocenters. The second kappa shape index (κ2) is 13.3. The molecule has 0 saturated carbocycles. The Balaban J connectivity index is 1.42. The molecule has 9 rings (SSSR count). The number of hydrogen-bond donors (Lipinski definition) is 0. The standard InChI is InChI=1S/2C20H21.C12H9Si.2ClH.Zr/c2*1-14-8-5-6-10-17(14)18-11-7-9-15-12-16(13-19(15)18)20(2,3)4;1-3-7-11-9(5-1)10-6-2-4-8-12(10)13-11;;;/h2*5-13H,1-4H3;1-7H,13H2;2*1H;/q;;;;;+2/p-2. The molecule has 0 amide bonds. The number of benzene rings is 6. The summed E-state index contributed by atoms with van der Waals surface area (Å²) in [5, 5.41) is 2.94. The minimum atomic E-state index is -5.72. The van der Waals surface area contributed by atoms with E-state index in [0.717, 1.165) is 0 Å². The maximum atomic E-state index is 9.39. The number of hydrogen-bond acceptors (Lipinski definition) is 0. The van der Waals surface area contributed by atoms with Gasteiger partial charge < -0.3 is 0 Å². The van der Waals surface area contributed by atoms with Gasteiger partial charge in [0.2, 0.25) is 0 Å². The van der Waals surface area contributed by atoms with Gasteiger partial charge in [-0.3, -0.25) is 0 Å². The summed E-state index contributed by atoms with van der Waals surface area (Å²) in [4.78, 5) is 0. The van der Waals surface area contributed by atoms with Gasteiger partial charge in [-0.05, 0) is 0 Å². The van der Waals surface area contributed by atoms with Gasteiger partial charge in [-0.15, -0.1) is 0 Å². The molecular formula is C52H51Cl2SiZr. The van der Waals surface area contributed by atoms with Gasteiger partial charge in [0.15, 0.2) is 0 Å². The van der Waals surface area contributed by atoms with Crippen molar-refractivity contribution in [1.82, 2.24) is 0 Å². The molecule has 2 aliphatic carbocycles. The van der Waals surface area contributed by atoms with Gasteiger partial charge in [-0.1, -0.05) is 0 Å². The van der Waals surface area contributed by atoms with Crippen molar-refractivity contribution in [3.8, 4) is 33.4 Å². The van der Waals surface area contributed by atoms with Gasteiger partial charge in [0.1, 0.15) is 0 Å². The van der Waals surface area contributed by atoms with Crippen LogP contribution in [0.4, 0.5) is 0 Å². The average Bonchev–Trinajstić information content (AvgIpc) is 3.88. The van der Waals surface area contributed by atoms with Crippen molar-refractivity contribution < 1.29 is 16.4 Å². The van der Waals surface area contributed by atoms with Crippen LogP contribution in [0.1, 0.15) is 82.2 Å². The van der Waals surface area contributed by atoms with E-state index in [1.165, 1.54) is 91.6 Å². The van der Waals surface area contributed by atoms with Crippen LogP contribution < -0.4 is 13.6 Å². The van der Waals surface area contributed by atoms with Crippen LogP contribution in [0.15, 0.2) is 139 Å². The Kier molecular flexibility index (Phi) is 9.00. The van der Waals surface area contributed by atoms with E-state index in [0.29, 0.717) is 0 Å². The van der Waals surface area contributed by atoms with Crippen LogP contribution in [0.2, 0.25) is 0 Å². The van der Waals surface area contributed by atoms with Gasteiger partial charge >= 0.3 is 348 Å². The van der Waals surface area contributed by atoms with Crippen molar-refractivity contribution >= 4 is 52.3 Å². The molecule has 3 aliphatic rings. The van der Waals surface area contributed by atoms with Crippen molar-refractivity contribution in [2.24, 2.45) is 10.8 Å². The third kappa shape index (κ3) is 5.68. The van der Waals surface area contributed by atoms with E-state index in [2.05, 4.69) is 195 Å². The molecular weight excluding hydrogens is 815 g/mol. The molecule has 56 heavy (non-hydrogen) atoms. The second-order valence-corrected chi connectivity index (χ2v) is 41.1.